The van der Waals surface area contributed by atoms with E-state index in [1.54, 1.807) is 0 Å². The molecule has 6 heteroatoms. The first-order valence-corrected chi connectivity index (χ1v) is 11.2. The van der Waals surface area contributed by atoms with E-state index in [9.17, 15) is 14.0 Å². The molecule has 2 amide bonds. The number of alkyl halides is 1. The van der Waals surface area contributed by atoms with Gasteiger partial charge in [-0.1, -0.05) is 48.0 Å². The zero-order valence-electron chi connectivity index (χ0n) is 19.0. The minimum atomic E-state index is -1.05. The van der Waals surface area contributed by atoms with Crippen molar-refractivity contribution in [3.05, 3.63) is 0 Å². The Balaban J connectivity index is 0.000000447. The molecule has 3 rings (SSSR count). The van der Waals surface area contributed by atoms with Crippen LogP contribution >= 0.6 is 0 Å². The van der Waals surface area contributed by atoms with E-state index in [0.717, 1.165) is 11.8 Å². The third-order valence-corrected chi connectivity index (χ3v) is 5.27. The summed E-state index contributed by atoms with van der Waals surface area (Å²) in [4.78, 5) is 22.0. The number of hydrogen-bond acceptors (Lipinski definition) is 3. The van der Waals surface area contributed by atoms with E-state index in [0.29, 0.717) is 19.1 Å². The maximum atomic E-state index is 12.9. The van der Waals surface area contributed by atoms with Gasteiger partial charge in [-0.05, 0) is 37.5 Å². The summed E-state index contributed by atoms with van der Waals surface area (Å²) in [5.41, 5.74) is 0. The molecular formula is C22H43FN2O3. The Morgan fingerprint density at radius 2 is 1.61 bits per heavy atom. The lowest BCUT2D eigenvalue weighted by Gasteiger charge is -2.26. The van der Waals surface area contributed by atoms with Crippen molar-refractivity contribution in [1.82, 2.24) is 10.6 Å². The van der Waals surface area contributed by atoms with Crippen molar-refractivity contribution in [2.45, 2.75) is 98.8 Å². The SMILES string of the molecule is CC.CC.CC(=O)NC1CCOCC1F.CC(C)C(=O)NC1CC2CCC1C2. The molecule has 1 heterocycles. The molecule has 2 saturated carbocycles. The Bertz CT molecular complexity index is 445. The standard InChI is InChI=1S/C11H19NO.C7H12FNO2.2C2H6/c1-7(2)11(13)12-10-6-8-3-4-9(10)5-8;1-5(10)9-7-2-3-11-4-6(7)8;2*1-2/h7-10H,3-6H2,1-2H3,(H,12,13);6-7H,2-4H2,1H3,(H,9,10);2*1-2H3. The van der Waals surface area contributed by atoms with Crippen molar-refractivity contribution in [3.63, 3.8) is 0 Å². The Labute approximate surface area is 171 Å². The fraction of sp³-hybridized carbons (Fsp3) is 0.909. The molecule has 0 spiro atoms. The van der Waals surface area contributed by atoms with Crippen LogP contribution in [0.1, 0.15) is 80.6 Å². The fourth-order valence-corrected chi connectivity index (χ4v) is 3.90. The summed E-state index contributed by atoms with van der Waals surface area (Å²) in [7, 11) is 0. The highest BCUT2D eigenvalue weighted by Gasteiger charge is 2.40. The molecule has 3 aliphatic rings. The molecule has 5 nitrogen and oxygen atoms in total. The number of rotatable bonds is 3. The lowest BCUT2D eigenvalue weighted by Crippen LogP contribution is -2.46. The van der Waals surface area contributed by atoms with Crippen LogP contribution < -0.4 is 10.6 Å². The highest BCUT2D eigenvalue weighted by Crippen LogP contribution is 2.44. The molecule has 166 valence electrons. The normalized spacial score (nSPS) is 30.0. The monoisotopic (exact) mass is 402 g/mol. The van der Waals surface area contributed by atoms with Gasteiger partial charge < -0.3 is 15.4 Å². The minimum Gasteiger partial charge on any atom is -0.378 e. The fourth-order valence-electron chi connectivity index (χ4n) is 3.90. The highest BCUT2D eigenvalue weighted by atomic mass is 19.1. The Kier molecular flexibility index (Phi) is 14.2. The van der Waals surface area contributed by atoms with Crippen molar-refractivity contribution < 1.29 is 18.7 Å². The molecule has 0 radical (unpaired) electrons. The second-order valence-corrected chi connectivity index (χ2v) is 7.63. The topological polar surface area (TPSA) is 67.4 Å². The molecule has 0 aromatic rings. The maximum absolute atomic E-state index is 12.9. The second-order valence-electron chi connectivity index (χ2n) is 7.63. The number of hydrogen-bond donors (Lipinski definition) is 2. The highest BCUT2D eigenvalue weighted by molar-refractivity contribution is 5.78. The first-order chi connectivity index (χ1) is 13.4. The number of fused-ring (bicyclic) bond motifs is 2. The van der Waals surface area contributed by atoms with Gasteiger partial charge in [-0.25, -0.2) is 4.39 Å². The lowest BCUT2D eigenvalue weighted by molar-refractivity contribution is -0.125. The molecule has 28 heavy (non-hydrogen) atoms. The summed E-state index contributed by atoms with van der Waals surface area (Å²) in [6.45, 7) is 13.9. The number of nitrogens with one attached hydrogen (secondary N) is 2. The summed E-state index contributed by atoms with van der Waals surface area (Å²) in [5, 5.41) is 5.71. The number of carbonyl (C=O) groups is 2. The summed E-state index contributed by atoms with van der Waals surface area (Å²) in [6, 6.07) is 0.162. The van der Waals surface area contributed by atoms with Gasteiger partial charge in [0.2, 0.25) is 11.8 Å². The van der Waals surface area contributed by atoms with Gasteiger partial charge in [0.25, 0.3) is 0 Å². The average molecular weight is 403 g/mol. The third-order valence-electron chi connectivity index (χ3n) is 5.27. The van der Waals surface area contributed by atoms with Crippen molar-refractivity contribution in [3.8, 4) is 0 Å². The van der Waals surface area contributed by atoms with Gasteiger partial charge in [0.1, 0.15) is 6.17 Å². The quantitative estimate of drug-likeness (QED) is 0.742. The predicted octanol–water partition coefficient (Wildman–Crippen LogP) is 4.25. The van der Waals surface area contributed by atoms with Crippen molar-refractivity contribution in [1.29, 1.82) is 0 Å². The van der Waals surface area contributed by atoms with Crippen LogP contribution in [0.3, 0.4) is 0 Å². The summed E-state index contributed by atoms with van der Waals surface area (Å²) in [6.07, 6.45) is 4.87. The van der Waals surface area contributed by atoms with Crippen molar-refractivity contribution in [2.75, 3.05) is 13.2 Å². The average Bonchev–Trinajstić information content (AvgIpc) is 3.30. The molecule has 5 unspecified atom stereocenters. The molecule has 2 bridgehead atoms. The van der Waals surface area contributed by atoms with E-state index in [-0.39, 0.29) is 30.4 Å². The van der Waals surface area contributed by atoms with Gasteiger partial charge in [0, 0.05) is 25.5 Å². The van der Waals surface area contributed by atoms with Gasteiger partial charge in [0.05, 0.1) is 12.6 Å². The van der Waals surface area contributed by atoms with E-state index in [1.807, 2.05) is 41.5 Å². The summed E-state index contributed by atoms with van der Waals surface area (Å²) >= 11 is 0. The molecule has 2 aliphatic carbocycles. The number of halogens is 1. The van der Waals surface area contributed by atoms with Gasteiger partial charge in [-0.3, -0.25) is 9.59 Å². The van der Waals surface area contributed by atoms with E-state index in [2.05, 4.69) is 10.6 Å². The molecule has 1 aliphatic heterocycles. The zero-order valence-corrected chi connectivity index (χ0v) is 19.0. The van der Waals surface area contributed by atoms with E-state index in [1.165, 1.54) is 32.6 Å². The van der Waals surface area contributed by atoms with Gasteiger partial charge >= 0.3 is 0 Å². The first-order valence-electron chi connectivity index (χ1n) is 11.2. The molecule has 5 atom stereocenters. The van der Waals surface area contributed by atoms with Crippen molar-refractivity contribution >= 4 is 11.8 Å². The van der Waals surface area contributed by atoms with Crippen LogP contribution in [0.25, 0.3) is 0 Å². The smallest absolute Gasteiger partial charge is 0.222 e. The Morgan fingerprint density at radius 3 is 2.04 bits per heavy atom. The Hall–Kier alpha value is -1.17. The number of ether oxygens (including phenoxy) is 1. The summed E-state index contributed by atoms with van der Waals surface area (Å²) < 4.78 is 17.7. The molecule has 1 saturated heterocycles. The molecule has 0 aromatic carbocycles. The maximum Gasteiger partial charge on any atom is 0.222 e. The van der Waals surface area contributed by atoms with Crippen LogP contribution in [0, 0.1) is 17.8 Å². The van der Waals surface area contributed by atoms with Crippen LogP contribution in [0.2, 0.25) is 0 Å². The second kappa shape index (κ2) is 14.8. The van der Waals surface area contributed by atoms with Crippen molar-refractivity contribution in [2.24, 2.45) is 17.8 Å². The molecular weight excluding hydrogens is 359 g/mol. The van der Waals surface area contributed by atoms with Gasteiger partial charge in [-0.2, -0.15) is 0 Å². The first kappa shape index (κ1) is 26.8. The molecule has 3 fully saturated rings. The van der Waals surface area contributed by atoms with E-state index >= 15 is 0 Å². The minimum absolute atomic E-state index is 0.102. The van der Waals surface area contributed by atoms with Crippen LogP contribution in [-0.2, 0) is 14.3 Å². The lowest BCUT2D eigenvalue weighted by atomic mass is 9.95. The Morgan fingerprint density at radius 1 is 0.964 bits per heavy atom. The van der Waals surface area contributed by atoms with Gasteiger partial charge in [0.15, 0.2) is 0 Å². The van der Waals surface area contributed by atoms with Crippen LogP contribution in [0.5, 0.6) is 0 Å². The van der Waals surface area contributed by atoms with Gasteiger partial charge in [-0.15, -0.1) is 0 Å². The number of carbonyl (C=O) groups excluding carboxylic acids is 2. The largest absolute Gasteiger partial charge is 0.378 e. The van der Waals surface area contributed by atoms with Crippen LogP contribution in [0.15, 0.2) is 0 Å². The predicted molar refractivity (Wildman–Crippen MR) is 113 cm³/mol. The molecule has 2 N–H and O–H groups in total. The van der Waals surface area contributed by atoms with E-state index in [4.69, 9.17) is 4.74 Å². The summed E-state index contributed by atoms with van der Waals surface area (Å²) in [5.74, 6) is 1.91. The zero-order chi connectivity index (χ0) is 21.7. The third kappa shape index (κ3) is 9.35. The van der Waals surface area contributed by atoms with Crippen LogP contribution in [-0.4, -0.2) is 43.3 Å². The van der Waals surface area contributed by atoms with Crippen LogP contribution in [0.4, 0.5) is 4.39 Å². The molecule has 0 aromatic heterocycles. The number of amides is 2. The van der Waals surface area contributed by atoms with E-state index < -0.39 is 6.17 Å².